The molecule has 1 heterocycles. The maximum absolute atomic E-state index is 10.2. The SMILES string of the molecule is C=C(C)CN1CCC(NC(=NCC(O)COCc2ccccc2)NCC)CC1. The summed E-state index contributed by atoms with van der Waals surface area (Å²) in [7, 11) is 0. The van der Waals surface area contributed by atoms with Crippen LogP contribution in [0.4, 0.5) is 0 Å². The molecule has 2 rings (SSSR count). The van der Waals surface area contributed by atoms with E-state index in [9.17, 15) is 5.11 Å². The first-order chi connectivity index (χ1) is 13.6. The molecule has 1 unspecified atom stereocenters. The number of benzene rings is 1. The summed E-state index contributed by atoms with van der Waals surface area (Å²) in [5, 5.41) is 16.9. The normalized spacial score (nSPS) is 17.3. The number of guanidine groups is 1. The van der Waals surface area contributed by atoms with Crippen LogP contribution >= 0.6 is 0 Å². The minimum Gasteiger partial charge on any atom is -0.389 e. The molecule has 1 aliphatic rings. The van der Waals surface area contributed by atoms with E-state index in [2.05, 4.69) is 34.0 Å². The van der Waals surface area contributed by atoms with Crippen molar-refractivity contribution in [2.75, 3.05) is 39.3 Å². The fourth-order valence-electron chi connectivity index (χ4n) is 3.27. The van der Waals surface area contributed by atoms with Gasteiger partial charge in [0.05, 0.1) is 25.9 Å². The van der Waals surface area contributed by atoms with E-state index in [1.54, 1.807) is 0 Å². The zero-order chi connectivity index (χ0) is 20.2. The van der Waals surface area contributed by atoms with E-state index >= 15 is 0 Å². The highest BCUT2D eigenvalue weighted by Crippen LogP contribution is 2.11. The van der Waals surface area contributed by atoms with E-state index in [0.717, 1.165) is 50.5 Å². The molecule has 1 aromatic rings. The number of aliphatic imine (C=N–C) groups is 1. The number of ether oxygens (including phenoxy) is 1. The smallest absolute Gasteiger partial charge is 0.191 e. The maximum atomic E-state index is 10.2. The average Bonchev–Trinajstić information content (AvgIpc) is 2.68. The van der Waals surface area contributed by atoms with Gasteiger partial charge in [0.25, 0.3) is 0 Å². The van der Waals surface area contributed by atoms with Crippen LogP contribution < -0.4 is 10.6 Å². The Morgan fingerprint density at radius 3 is 2.68 bits per heavy atom. The van der Waals surface area contributed by atoms with Crippen LogP contribution in [0.25, 0.3) is 0 Å². The number of nitrogens with one attached hydrogen (secondary N) is 2. The lowest BCUT2D eigenvalue weighted by Gasteiger charge is -2.33. The molecule has 0 saturated carbocycles. The number of likely N-dealkylation sites (tertiary alicyclic amines) is 1. The van der Waals surface area contributed by atoms with Crippen LogP contribution in [0.15, 0.2) is 47.5 Å². The molecule has 6 heteroatoms. The lowest BCUT2D eigenvalue weighted by molar-refractivity contribution is 0.0331. The van der Waals surface area contributed by atoms with E-state index in [-0.39, 0.29) is 6.61 Å². The fraction of sp³-hybridized carbons (Fsp3) is 0.591. The summed E-state index contributed by atoms with van der Waals surface area (Å²) in [4.78, 5) is 6.98. The molecule has 1 aromatic carbocycles. The molecule has 0 aliphatic carbocycles. The van der Waals surface area contributed by atoms with Gasteiger partial charge in [-0.15, -0.1) is 0 Å². The Kier molecular flexibility index (Phi) is 10.0. The van der Waals surface area contributed by atoms with Crippen LogP contribution in [-0.2, 0) is 11.3 Å². The largest absolute Gasteiger partial charge is 0.389 e. The van der Waals surface area contributed by atoms with Gasteiger partial charge < -0.3 is 20.5 Å². The van der Waals surface area contributed by atoms with Crippen molar-refractivity contribution in [2.24, 2.45) is 4.99 Å². The third-order valence-corrected chi connectivity index (χ3v) is 4.65. The molecule has 0 radical (unpaired) electrons. The van der Waals surface area contributed by atoms with Gasteiger partial charge in [-0.3, -0.25) is 9.89 Å². The second-order valence-corrected chi connectivity index (χ2v) is 7.53. The molecule has 0 spiro atoms. The minimum atomic E-state index is -0.614. The highest BCUT2D eigenvalue weighted by atomic mass is 16.5. The monoisotopic (exact) mass is 388 g/mol. The first-order valence-electron chi connectivity index (χ1n) is 10.3. The number of hydrogen-bond acceptors (Lipinski definition) is 4. The highest BCUT2D eigenvalue weighted by Gasteiger charge is 2.19. The van der Waals surface area contributed by atoms with Crippen LogP contribution in [0, 0.1) is 0 Å². The highest BCUT2D eigenvalue weighted by molar-refractivity contribution is 5.80. The molecule has 1 atom stereocenters. The number of aliphatic hydroxyl groups excluding tert-OH is 1. The van der Waals surface area contributed by atoms with Crippen molar-refractivity contribution in [1.29, 1.82) is 0 Å². The molecule has 1 aliphatic heterocycles. The van der Waals surface area contributed by atoms with Gasteiger partial charge in [-0.1, -0.05) is 42.5 Å². The Balaban J connectivity index is 1.71. The van der Waals surface area contributed by atoms with E-state index in [4.69, 9.17) is 4.74 Å². The minimum absolute atomic E-state index is 0.275. The second-order valence-electron chi connectivity index (χ2n) is 7.53. The molecule has 28 heavy (non-hydrogen) atoms. The topological polar surface area (TPSA) is 69.1 Å². The summed E-state index contributed by atoms with van der Waals surface area (Å²) in [6.45, 7) is 13.1. The molecule has 1 saturated heterocycles. The third kappa shape index (κ3) is 8.87. The first-order valence-corrected chi connectivity index (χ1v) is 10.3. The first kappa shape index (κ1) is 22.4. The van der Waals surface area contributed by atoms with Crippen LogP contribution in [-0.4, -0.2) is 67.4 Å². The molecule has 0 aromatic heterocycles. The fourth-order valence-corrected chi connectivity index (χ4v) is 3.27. The van der Waals surface area contributed by atoms with E-state index < -0.39 is 6.10 Å². The summed E-state index contributed by atoms with van der Waals surface area (Å²) in [6, 6.07) is 10.4. The third-order valence-electron chi connectivity index (χ3n) is 4.65. The standard InChI is InChI=1S/C22H36N4O2/c1-4-23-22(25-20-10-12-26(13-11-20)15-18(2)3)24-14-21(27)17-28-16-19-8-6-5-7-9-19/h5-9,20-21,27H,2,4,10-17H2,1,3H3,(H2,23,24,25). The lowest BCUT2D eigenvalue weighted by Crippen LogP contribution is -2.49. The Labute approximate surface area is 169 Å². The van der Waals surface area contributed by atoms with Gasteiger partial charge in [0.15, 0.2) is 5.96 Å². The lowest BCUT2D eigenvalue weighted by atomic mass is 10.0. The van der Waals surface area contributed by atoms with Crippen LogP contribution in [0.1, 0.15) is 32.3 Å². The maximum Gasteiger partial charge on any atom is 0.191 e. The zero-order valence-electron chi connectivity index (χ0n) is 17.4. The van der Waals surface area contributed by atoms with Crippen LogP contribution in [0.5, 0.6) is 0 Å². The summed E-state index contributed by atoms with van der Waals surface area (Å²) in [5.74, 6) is 0.767. The van der Waals surface area contributed by atoms with Crippen molar-refractivity contribution in [3.05, 3.63) is 48.0 Å². The van der Waals surface area contributed by atoms with E-state index in [0.29, 0.717) is 19.2 Å². The molecule has 6 nitrogen and oxygen atoms in total. The van der Waals surface area contributed by atoms with Gasteiger partial charge in [-0.2, -0.15) is 0 Å². The summed E-state index contributed by atoms with van der Waals surface area (Å²) >= 11 is 0. The molecular weight excluding hydrogens is 352 g/mol. The van der Waals surface area contributed by atoms with Crippen LogP contribution in [0.3, 0.4) is 0 Å². The van der Waals surface area contributed by atoms with Crippen molar-refractivity contribution in [1.82, 2.24) is 15.5 Å². The van der Waals surface area contributed by atoms with Gasteiger partial charge in [0.2, 0.25) is 0 Å². The van der Waals surface area contributed by atoms with Gasteiger partial charge in [0.1, 0.15) is 0 Å². The predicted molar refractivity (Wildman–Crippen MR) is 115 cm³/mol. The van der Waals surface area contributed by atoms with E-state index in [1.807, 2.05) is 37.3 Å². The number of nitrogens with zero attached hydrogens (tertiary/aromatic N) is 2. The Hall–Kier alpha value is -1.89. The quantitative estimate of drug-likeness (QED) is 0.326. The van der Waals surface area contributed by atoms with Gasteiger partial charge in [0, 0.05) is 32.2 Å². The zero-order valence-corrected chi connectivity index (χ0v) is 17.4. The number of hydrogen-bond donors (Lipinski definition) is 3. The summed E-state index contributed by atoms with van der Waals surface area (Å²) in [6.07, 6.45) is 1.55. The van der Waals surface area contributed by atoms with Gasteiger partial charge in [-0.25, -0.2) is 0 Å². The predicted octanol–water partition coefficient (Wildman–Crippen LogP) is 2.16. The Morgan fingerprint density at radius 2 is 2.04 bits per heavy atom. The van der Waals surface area contributed by atoms with Gasteiger partial charge in [-0.05, 0) is 32.3 Å². The molecule has 0 amide bonds. The van der Waals surface area contributed by atoms with Gasteiger partial charge >= 0.3 is 0 Å². The molecular formula is C22H36N4O2. The molecule has 0 bridgehead atoms. The number of piperidine rings is 1. The molecule has 3 N–H and O–H groups in total. The van der Waals surface area contributed by atoms with E-state index in [1.165, 1.54) is 5.57 Å². The van der Waals surface area contributed by atoms with Crippen molar-refractivity contribution >= 4 is 5.96 Å². The van der Waals surface area contributed by atoms with Crippen molar-refractivity contribution < 1.29 is 9.84 Å². The second kappa shape index (κ2) is 12.5. The molecule has 1 fully saturated rings. The summed E-state index contributed by atoms with van der Waals surface area (Å²) in [5.41, 5.74) is 2.32. The van der Waals surface area contributed by atoms with Crippen molar-refractivity contribution in [3.63, 3.8) is 0 Å². The van der Waals surface area contributed by atoms with Crippen LogP contribution in [0.2, 0.25) is 0 Å². The Bertz CT molecular complexity index is 598. The Morgan fingerprint density at radius 1 is 1.32 bits per heavy atom. The summed E-state index contributed by atoms with van der Waals surface area (Å²) < 4.78 is 5.59. The van der Waals surface area contributed by atoms with Crippen molar-refractivity contribution in [3.8, 4) is 0 Å². The van der Waals surface area contributed by atoms with Crippen molar-refractivity contribution in [2.45, 2.75) is 45.4 Å². The average molecular weight is 389 g/mol. The number of rotatable bonds is 10. The molecule has 156 valence electrons. The number of aliphatic hydroxyl groups is 1.